The molecule has 0 rings (SSSR count). The Labute approximate surface area is 179 Å². The Morgan fingerprint density at radius 1 is 1.00 bits per heavy atom. The van der Waals surface area contributed by atoms with E-state index < -0.39 is 35.4 Å². The van der Waals surface area contributed by atoms with Gasteiger partial charge in [-0.1, -0.05) is 11.6 Å². The summed E-state index contributed by atoms with van der Waals surface area (Å²) in [6.07, 6.45) is 0.443. The molecular weight excluding hydrogens is 390 g/mol. The first kappa shape index (κ1) is 27.4. The number of amidine groups is 1. The van der Waals surface area contributed by atoms with Gasteiger partial charge in [0.15, 0.2) is 0 Å². The minimum absolute atomic E-state index is 0.133. The molecule has 0 aromatic rings. The lowest BCUT2D eigenvalue weighted by Gasteiger charge is -2.32. The summed E-state index contributed by atoms with van der Waals surface area (Å²) in [5.74, 6) is -0.273. The van der Waals surface area contributed by atoms with Crippen molar-refractivity contribution in [1.29, 1.82) is 0 Å². The number of hydrogen-bond donors (Lipinski definition) is 1. The number of ether oxygens (including phenoxy) is 3. The Morgan fingerprint density at radius 2 is 1.47 bits per heavy atom. The van der Waals surface area contributed by atoms with Gasteiger partial charge in [0.2, 0.25) is 0 Å². The van der Waals surface area contributed by atoms with E-state index in [1.807, 2.05) is 13.0 Å². The molecule has 0 fully saturated rings. The van der Waals surface area contributed by atoms with Crippen LogP contribution in [0.3, 0.4) is 0 Å². The van der Waals surface area contributed by atoms with Crippen molar-refractivity contribution in [2.45, 2.75) is 85.5 Å². The van der Waals surface area contributed by atoms with Gasteiger partial charge in [-0.25, -0.2) is 14.4 Å². The molecular formula is C21H37N3O6. The van der Waals surface area contributed by atoms with Gasteiger partial charge in [-0.3, -0.25) is 4.99 Å². The number of carbonyl (C=O) groups is 3. The monoisotopic (exact) mass is 427 g/mol. The fraction of sp³-hybridized carbons (Fsp3) is 0.714. The molecule has 172 valence electrons. The van der Waals surface area contributed by atoms with Crippen LogP contribution in [0.25, 0.3) is 0 Å². The van der Waals surface area contributed by atoms with Crippen LogP contribution in [0.5, 0.6) is 0 Å². The number of aliphatic imine (C=N–C) groups is 1. The van der Waals surface area contributed by atoms with Crippen molar-refractivity contribution in [3.05, 3.63) is 11.6 Å². The van der Waals surface area contributed by atoms with Gasteiger partial charge in [0.25, 0.3) is 0 Å². The van der Waals surface area contributed by atoms with Crippen LogP contribution in [0.2, 0.25) is 0 Å². The van der Waals surface area contributed by atoms with Crippen LogP contribution >= 0.6 is 0 Å². The smallest absolute Gasteiger partial charge is 0.420 e. The van der Waals surface area contributed by atoms with Crippen LogP contribution in [0, 0.1) is 0 Å². The molecule has 2 N–H and O–H groups in total. The zero-order valence-corrected chi connectivity index (χ0v) is 19.7. The molecule has 1 atom stereocenters. The highest BCUT2D eigenvalue weighted by atomic mass is 16.6. The summed E-state index contributed by atoms with van der Waals surface area (Å²) in [6, 6.07) is -1.21. The van der Waals surface area contributed by atoms with E-state index >= 15 is 0 Å². The Morgan fingerprint density at radius 3 is 1.83 bits per heavy atom. The van der Waals surface area contributed by atoms with Crippen LogP contribution in [0.4, 0.5) is 9.59 Å². The van der Waals surface area contributed by atoms with Gasteiger partial charge in [0.1, 0.15) is 17.2 Å². The van der Waals surface area contributed by atoms with Gasteiger partial charge in [-0.15, -0.1) is 0 Å². The van der Waals surface area contributed by atoms with Gasteiger partial charge >= 0.3 is 18.2 Å². The van der Waals surface area contributed by atoms with E-state index in [9.17, 15) is 14.4 Å². The molecule has 0 aliphatic carbocycles. The van der Waals surface area contributed by atoms with Crippen molar-refractivity contribution in [2.24, 2.45) is 10.7 Å². The van der Waals surface area contributed by atoms with Crippen molar-refractivity contribution < 1.29 is 28.6 Å². The maximum Gasteiger partial charge on any atom is 0.420 e. The molecule has 9 nitrogen and oxygen atoms in total. The molecule has 0 aliphatic rings. The second-order valence-electron chi connectivity index (χ2n) is 8.96. The topological polar surface area (TPSA) is 121 Å². The first-order chi connectivity index (χ1) is 13.6. The van der Waals surface area contributed by atoms with E-state index in [4.69, 9.17) is 19.9 Å². The number of carbonyl (C=O) groups excluding carboxylic acids is 3. The van der Waals surface area contributed by atoms with E-state index in [2.05, 4.69) is 4.99 Å². The van der Waals surface area contributed by atoms with Crippen molar-refractivity contribution in [3.8, 4) is 0 Å². The molecule has 0 aliphatic heterocycles. The number of hydrogen-bond acceptors (Lipinski definition) is 7. The number of imide groups is 1. The van der Waals surface area contributed by atoms with E-state index in [1.54, 1.807) is 48.5 Å². The number of allylic oxidation sites excluding steroid dienone is 1. The molecule has 0 heterocycles. The summed E-state index contributed by atoms with van der Waals surface area (Å²) in [5, 5.41) is 0. The van der Waals surface area contributed by atoms with E-state index in [0.29, 0.717) is 23.7 Å². The van der Waals surface area contributed by atoms with Crippen LogP contribution in [0.1, 0.15) is 68.2 Å². The number of methoxy groups -OCH3 is 1. The van der Waals surface area contributed by atoms with Crippen LogP contribution in [0.15, 0.2) is 16.6 Å². The molecule has 0 aromatic carbocycles. The molecule has 30 heavy (non-hydrogen) atoms. The molecule has 0 spiro atoms. The number of esters is 1. The number of rotatable bonds is 7. The van der Waals surface area contributed by atoms with Gasteiger partial charge < -0.3 is 19.9 Å². The molecule has 0 radical (unpaired) electrons. The highest BCUT2D eigenvalue weighted by Crippen LogP contribution is 2.20. The maximum absolute atomic E-state index is 12.8. The third-order valence-electron chi connectivity index (χ3n) is 3.48. The minimum atomic E-state index is -1.21. The van der Waals surface area contributed by atoms with Gasteiger partial charge in [-0.05, 0) is 68.2 Å². The second-order valence-corrected chi connectivity index (χ2v) is 8.96. The Balaban J connectivity index is 5.75. The summed E-state index contributed by atoms with van der Waals surface area (Å²) >= 11 is 0. The first-order valence-corrected chi connectivity index (χ1v) is 9.82. The minimum Gasteiger partial charge on any atom is -0.467 e. The van der Waals surface area contributed by atoms with Gasteiger partial charge in [0, 0.05) is 0 Å². The molecule has 2 amide bonds. The lowest BCUT2D eigenvalue weighted by atomic mass is 10.1. The maximum atomic E-state index is 12.8. The molecule has 0 saturated carbocycles. The van der Waals surface area contributed by atoms with Gasteiger partial charge in [-0.2, -0.15) is 4.90 Å². The van der Waals surface area contributed by atoms with Gasteiger partial charge in [0.05, 0.1) is 19.5 Å². The fourth-order valence-corrected chi connectivity index (χ4v) is 2.24. The van der Waals surface area contributed by atoms with E-state index in [-0.39, 0.29) is 6.42 Å². The molecule has 0 aromatic heterocycles. The summed E-state index contributed by atoms with van der Waals surface area (Å²) in [7, 11) is 1.19. The lowest BCUT2D eigenvalue weighted by Crippen LogP contribution is -2.52. The average molecular weight is 428 g/mol. The van der Waals surface area contributed by atoms with E-state index in [1.165, 1.54) is 7.11 Å². The van der Waals surface area contributed by atoms with Crippen molar-refractivity contribution in [1.82, 2.24) is 4.90 Å². The molecule has 9 heteroatoms. The summed E-state index contributed by atoms with van der Waals surface area (Å²) in [4.78, 5) is 42.8. The highest BCUT2D eigenvalue weighted by molar-refractivity contribution is 5.94. The largest absolute Gasteiger partial charge is 0.467 e. The lowest BCUT2D eigenvalue weighted by molar-refractivity contribution is -0.146. The third-order valence-corrected chi connectivity index (χ3v) is 3.48. The molecule has 0 unspecified atom stereocenters. The predicted octanol–water partition coefficient (Wildman–Crippen LogP) is 3.80. The standard InChI is InChI=1S/C21H37N3O6/c1-14(13-23-15(2)22)11-10-12-16(17(25)28-9)24(18(26)29-20(3,4)5)19(27)30-21(6,7)8/h11,16H,10,12-13H2,1-9H3,(H2,22,23)/t16-/m0/s1. The van der Waals surface area contributed by atoms with Crippen LogP contribution in [-0.4, -0.2) is 59.8 Å². The Bertz CT molecular complexity index is 639. The SMILES string of the molecule is COC(=O)[C@H](CCC=C(C)CN=C(C)N)N(C(=O)OC(C)(C)C)C(=O)OC(C)(C)C. The Kier molecular flexibility index (Phi) is 10.6. The first-order valence-electron chi connectivity index (χ1n) is 9.82. The van der Waals surface area contributed by atoms with Crippen LogP contribution in [-0.2, 0) is 19.0 Å². The molecule has 0 bridgehead atoms. The average Bonchev–Trinajstić information content (AvgIpc) is 2.54. The summed E-state index contributed by atoms with van der Waals surface area (Å²) in [5.41, 5.74) is 4.73. The number of nitrogens with two attached hydrogens (primary N) is 1. The normalized spacial score (nSPS) is 14.0. The molecule has 0 saturated heterocycles. The second kappa shape index (κ2) is 11.6. The summed E-state index contributed by atoms with van der Waals surface area (Å²) < 4.78 is 15.5. The number of amides is 2. The van der Waals surface area contributed by atoms with Crippen molar-refractivity contribution in [3.63, 3.8) is 0 Å². The quantitative estimate of drug-likeness (QED) is 0.216. The number of nitrogens with zero attached hydrogens (tertiary/aromatic N) is 2. The summed E-state index contributed by atoms with van der Waals surface area (Å²) in [6.45, 7) is 14.0. The zero-order valence-electron chi connectivity index (χ0n) is 19.7. The van der Waals surface area contributed by atoms with Crippen LogP contribution < -0.4 is 5.73 Å². The third kappa shape index (κ3) is 11.4. The zero-order chi connectivity index (χ0) is 23.7. The van der Waals surface area contributed by atoms with Crippen molar-refractivity contribution in [2.75, 3.05) is 13.7 Å². The highest BCUT2D eigenvalue weighted by Gasteiger charge is 2.40. The Hall–Kier alpha value is -2.58. The predicted molar refractivity (Wildman–Crippen MR) is 115 cm³/mol. The fourth-order valence-electron chi connectivity index (χ4n) is 2.24. The van der Waals surface area contributed by atoms with E-state index in [0.717, 1.165) is 5.57 Å². The van der Waals surface area contributed by atoms with Crippen molar-refractivity contribution >= 4 is 24.0 Å².